The summed E-state index contributed by atoms with van der Waals surface area (Å²) in [6.45, 7) is 2.27. The Morgan fingerprint density at radius 3 is 2.76 bits per heavy atom. The average molecular weight is 401 g/mol. The maximum Gasteiger partial charge on any atom is 0.319 e. The number of carbonyl (C=O) groups is 1. The third-order valence-electron chi connectivity index (χ3n) is 5.13. The molecule has 0 aliphatic carbocycles. The minimum absolute atomic E-state index is 0.213. The molecule has 0 fully saturated rings. The van der Waals surface area contributed by atoms with Gasteiger partial charge in [-0.1, -0.05) is 66.4 Å². The van der Waals surface area contributed by atoms with E-state index in [-0.39, 0.29) is 6.03 Å². The number of hydrogen-bond acceptors (Lipinski definition) is 4. The van der Waals surface area contributed by atoms with E-state index in [1.807, 2.05) is 48.5 Å². The lowest BCUT2D eigenvalue weighted by molar-refractivity contribution is 0.252. The van der Waals surface area contributed by atoms with Crippen molar-refractivity contribution in [3.05, 3.63) is 83.3 Å². The van der Waals surface area contributed by atoms with Crippen LogP contribution in [-0.2, 0) is 6.54 Å². The molecule has 0 radical (unpaired) electrons. The van der Waals surface area contributed by atoms with Crippen LogP contribution in [-0.4, -0.2) is 29.2 Å². The smallest absolute Gasteiger partial charge is 0.319 e. The molecular weight excluding hydrogens is 380 g/mol. The van der Waals surface area contributed by atoms with Crippen molar-refractivity contribution in [1.82, 2.24) is 10.2 Å². The van der Waals surface area contributed by atoms with Gasteiger partial charge in [-0.2, -0.15) is 0 Å². The minimum atomic E-state index is -0.213. The molecule has 0 spiro atoms. The van der Waals surface area contributed by atoms with E-state index in [1.165, 1.54) is 11.1 Å². The first kappa shape index (κ1) is 17.8. The number of fused-ring (bicyclic) bond motifs is 2. The van der Waals surface area contributed by atoms with Crippen LogP contribution in [0.1, 0.15) is 11.1 Å². The van der Waals surface area contributed by atoms with Crippen molar-refractivity contribution in [2.24, 2.45) is 4.99 Å². The van der Waals surface area contributed by atoms with E-state index in [1.54, 1.807) is 11.8 Å². The lowest BCUT2D eigenvalue weighted by atomic mass is 10.0. The number of aliphatic imine (C=N–C) groups is 1. The quantitative estimate of drug-likeness (QED) is 0.656. The Morgan fingerprint density at radius 1 is 1.03 bits per heavy atom. The standard InChI is InChI=1S/C23H20N4OS/c28-22(25-14-18-6-3-5-16-4-1-2-7-20(16)18)26-19-10-8-17(9-11-19)21-15-29-23-24-12-13-27(21)23/h1-11,15H,12-14H2,(H2,25,26,28). The highest BCUT2D eigenvalue weighted by molar-refractivity contribution is 8.16. The van der Waals surface area contributed by atoms with Crippen LogP contribution < -0.4 is 10.6 Å². The molecule has 0 bridgehead atoms. The number of nitrogens with zero attached hydrogens (tertiary/aromatic N) is 2. The van der Waals surface area contributed by atoms with Crippen molar-refractivity contribution < 1.29 is 4.79 Å². The molecule has 2 aliphatic rings. The molecular formula is C23H20N4OS. The van der Waals surface area contributed by atoms with E-state index in [0.29, 0.717) is 6.54 Å². The van der Waals surface area contributed by atoms with Crippen LogP contribution in [0, 0.1) is 0 Å². The predicted molar refractivity (Wildman–Crippen MR) is 121 cm³/mol. The highest BCUT2D eigenvalue weighted by atomic mass is 32.2. The molecule has 2 amide bonds. The Morgan fingerprint density at radius 2 is 1.86 bits per heavy atom. The summed E-state index contributed by atoms with van der Waals surface area (Å²) in [5, 5.41) is 11.4. The minimum Gasteiger partial charge on any atom is -0.334 e. The molecule has 29 heavy (non-hydrogen) atoms. The lowest BCUT2D eigenvalue weighted by Crippen LogP contribution is -2.28. The van der Waals surface area contributed by atoms with Gasteiger partial charge < -0.3 is 15.5 Å². The highest BCUT2D eigenvalue weighted by Crippen LogP contribution is 2.35. The Kier molecular flexibility index (Phi) is 4.69. The number of hydrogen-bond donors (Lipinski definition) is 2. The Bertz CT molecular complexity index is 1130. The fourth-order valence-electron chi connectivity index (χ4n) is 3.67. The SMILES string of the molecule is O=C(NCc1cccc2ccccc12)Nc1ccc(C2=CSC3=NCCN23)cc1. The van der Waals surface area contributed by atoms with E-state index in [4.69, 9.17) is 0 Å². The zero-order chi connectivity index (χ0) is 19.6. The molecule has 0 saturated heterocycles. The molecule has 6 heteroatoms. The predicted octanol–water partition coefficient (Wildman–Crippen LogP) is 4.88. The summed E-state index contributed by atoms with van der Waals surface area (Å²) < 4.78 is 0. The Labute approximate surface area is 173 Å². The van der Waals surface area contributed by atoms with Gasteiger partial charge in [0.15, 0.2) is 5.17 Å². The van der Waals surface area contributed by atoms with Gasteiger partial charge in [0.1, 0.15) is 0 Å². The number of urea groups is 1. The number of thioether (sulfide) groups is 1. The lowest BCUT2D eigenvalue weighted by Gasteiger charge is -2.17. The van der Waals surface area contributed by atoms with Crippen LogP contribution in [0.4, 0.5) is 10.5 Å². The molecule has 2 N–H and O–H groups in total. The Balaban J connectivity index is 1.21. The van der Waals surface area contributed by atoms with Crippen molar-refractivity contribution in [1.29, 1.82) is 0 Å². The number of nitrogens with one attached hydrogen (secondary N) is 2. The van der Waals surface area contributed by atoms with E-state index >= 15 is 0 Å². The molecule has 144 valence electrons. The largest absolute Gasteiger partial charge is 0.334 e. The summed E-state index contributed by atoms with van der Waals surface area (Å²) in [6, 6.07) is 22.1. The van der Waals surface area contributed by atoms with Gasteiger partial charge in [-0.15, -0.1) is 0 Å². The van der Waals surface area contributed by atoms with E-state index in [9.17, 15) is 4.79 Å². The Hall–Kier alpha value is -3.25. The maximum atomic E-state index is 12.4. The van der Waals surface area contributed by atoms with Crippen molar-refractivity contribution in [3.63, 3.8) is 0 Å². The van der Waals surface area contributed by atoms with Crippen LogP contribution in [0.15, 0.2) is 77.1 Å². The summed E-state index contributed by atoms with van der Waals surface area (Å²) in [5.41, 5.74) is 4.18. The van der Waals surface area contributed by atoms with E-state index in [2.05, 4.69) is 44.1 Å². The van der Waals surface area contributed by atoms with Crippen LogP contribution in [0.3, 0.4) is 0 Å². The molecule has 5 nitrogen and oxygen atoms in total. The molecule has 3 aromatic rings. The summed E-state index contributed by atoms with van der Waals surface area (Å²) in [4.78, 5) is 19.1. The topological polar surface area (TPSA) is 56.7 Å². The zero-order valence-corrected chi connectivity index (χ0v) is 16.6. The molecule has 2 aliphatic heterocycles. The van der Waals surface area contributed by atoms with Crippen LogP contribution >= 0.6 is 11.8 Å². The second-order valence-electron chi connectivity index (χ2n) is 6.96. The highest BCUT2D eigenvalue weighted by Gasteiger charge is 2.26. The molecule has 2 heterocycles. The number of amidine groups is 1. The molecule has 0 atom stereocenters. The fourth-order valence-corrected chi connectivity index (χ4v) is 4.63. The summed E-state index contributed by atoms with van der Waals surface area (Å²) in [5.74, 6) is 0. The first-order valence-electron chi connectivity index (χ1n) is 9.59. The van der Waals surface area contributed by atoms with Gasteiger partial charge in [0.05, 0.1) is 12.2 Å². The number of amides is 2. The molecule has 3 aromatic carbocycles. The summed E-state index contributed by atoms with van der Waals surface area (Å²) >= 11 is 1.67. The van der Waals surface area contributed by atoms with Gasteiger partial charge in [-0.25, -0.2) is 4.79 Å². The van der Waals surface area contributed by atoms with Crippen molar-refractivity contribution in [3.8, 4) is 0 Å². The van der Waals surface area contributed by atoms with Gasteiger partial charge >= 0.3 is 6.03 Å². The van der Waals surface area contributed by atoms with Crippen molar-refractivity contribution in [2.75, 3.05) is 18.4 Å². The van der Waals surface area contributed by atoms with E-state index in [0.717, 1.165) is 40.5 Å². The normalized spacial score (nSPS) is 15.1. The second kappa shape index (κ2) is 7.64. The van der Waals surface area contributed by atoms with Gasteiger partial charge in [0.25, 0.3) is 0 Å². The summed E-state index contributed by atoms with van der Waals surface area (Å²) in [6.07, 6.45) is 0. The van der Waals surface area contributed by atoms with Crippen LogP contribution in [0.25, 0.3) is 16.5 Å². The van der Waals surface area contributed by atoms with E-state index < -0.39 is 0 Å². The van der Waals surface area contributed by atoms with Crippen LogP contribution in [0.2, 0.25) is 0 Å². The maximum absolute atomic E-state index is 12.4. The summed E-state index contributed by atoms with van der Waals surface area (Å²) in [7, 11) is 0. The molecule has 0 unspecified atom stereocenters. The first-order chi connectivity index (χ1) is 14.3. The van der Waals surface area contributed by atoms with Gasteiger partial charge in [0, 0.05) is 24.2 Å². The van der Waals surface area contributed by atoms with Gasteiger partial charge in [-0.3, -0.25) is 4.99 Å². The monoisotopic (exact) mass is 400 g/mol. The number of rotatable bonds is 4. The van der Waals surface area contributed by atoms with Crippen molar-refractivity contribution in [2.45, 2.75) is 6.54 Å². The fraction of sp³-hybridized carbons (Fsp3) is 0.130. The van der Waals surface area contributed by atoms with Crippen LogP contribution in [0.5, 0.6) is 0 Å². The second-order valence-corrected chi connectivity index (χ2v) is 7.80. The van der Waals surface area contributed by atoms with Gasteiger partial charge in [-0.05, 0) is 34.0 Å². The molecule has 0 saturated carbocycles. The first-order valence-corrected chi connectivity index (χ1v) is 10.5. The third-order valence-corrected chi connectivity index (χ3v) is 6.03. The molecule has 0 aromatic heterocycles. The number of anilines is 1. The average Bonchev–Trinajstić information content (AvgIpc) is 3.37. The zero-order valence-electron chi connectivity index (χ0n) is 15.8. The third kappa shape index (κ3) is 3.59. The van der Waals surface area contributed by atoms with Crippen molar-refractivity contribution >= 4 is 45.1 Å². The van der Waals surface area contributed by atoms with Gasteiger partial charge in [0.2, 0.25) is 0 Å². The molecule has 5 rings (SSSR count). The number of benzene rings is 3. The number of carbonyl (C=O) groups excluding carboxylic acids is 1.